The molecule has 0 saturated carbocycles. The van der Waals surface area contributed by atoms with E-state index in [4.69, 9.17) is 4.52 Å². The molecule has 2 heterocycles. The lowest BCUT2D eigenvalue weighted by molar-refractivity contribution is 0.422. The number of hydrogen-bond acceptors (Lipinski definition) is 5. The Morgan fingerprint density at radius 3 is 3.23 bits per heavy atom. The van der Waals surface area contributed by atoms with Crippen molar-refractivity contribution in [3.63, 3.8) is 0 Å². The molecule has 5 heteroatoms. The van der Waals surface area contributed by atoms with Crippen molar-refractivity contribution in [2.24, 2.45) is 5.92 Å². The Kier molecular flexibility index (Phi) is 2.73. The molecule has 4 nitrogen and oxygen atoms in total. The van der Waals surface area contributed by atoms with Crippen LogP contribution in [0, 0.1) is 12.8 Å². The summed E-state index contributed by atoms with van der Waals surface area (Å²) in [6, 6.07) is 0.550. The number of anilines is 1. The Bertz CT molecular complexity index is 270. The standard InChI is InChI=1S/C8H13N3OS/c1-6-10-8(12-11-6)9-4-7-2-3-13-5-7/h7H,2-5H2,1H3,(H,9,10,11). The van der Waals surface area contributed by atoms with Gasteiger partial charge in [0.2, 0.25) is 0 Å². The van der Waals surface area contributed by atoms with Crippen molar-refractivity contribution in [2.75, 3.05) is 23.4 Å². The summed E-state index contributed by atoms with van der Waals surface area (Å²) in [6.45, 7) is 2.77. The molecule has 1 aromatic rings. The van der Waals surface area contributed by atoms with Crippen LogP contribution in [0.5, 0.6) is 0 Å². The van der Waals surface area contributed by atoms with Gasteiger partial charge in [0.25, 0.3) is 0 Å². The highest BCUT2D eigenvalue weighted by atomic mass is 32.2. The van der Waals surface area contributed by atoms with E-state index in [0.717, 1.165) is 12.5 Å². The van der Waals surface area contributed by atoms with Crippen molar-refractivity contribution < 1.29 is 4.52 Å². The zero-order chi connectivity index (χ0) is 9.10. The van der Waals surface area contributed by atoms with E-state index in [9.17, 15) is 0 Å². The van der Waals surface area contributed by atoms with Crippen molar-refractivity contribution >= 4 is 17.8 Å². The van der Waals surface area contributed by atoms with Crippen molar-refractivity contribution in [3.8, 4) is 0 Å². The van der Waals surface area contributed by atoms with Gasteiger partial charge in [-0.2, -0.15) is 16.7 Å². The van der Waals surface area contributed by atoms with Gasteiger partial charge in [0, 0.05) is 6.54 Å². The molecular weight excluding hydrogens is 186 g/mol. The molecule has 1 saturated heterocycles. The first-order valence-corrected chi connectivity index (χ1v) is 5.62. The maximum absolute atomic E-state index is 4.95. The van der Waals surface area contributed by atoms with E-state index in [-0.39, 0.29) is 0 Å². The van der Waals surface area contributed by atoms with Crippen LogP contribution in [0.3, 0.4) is 0 Å². The highest BCUT2D eigenvalue weighted by Crippen LogP contribution is 2.23. The summed E-state index contributed by atoms with van der Waals surface area (Å²) in [5.74, 6) is 3.98. The lowest BCUT2D eigenvalue weighted by Gasteiger charge is -2.06. The second-order valence-electron chi connectivity index (χ2n) is 3.26. The predicted molar refractivity (Wildman–Crippen MR) is 53.0 cm³/mol. The molecule has 0 amide bonds. The number of thioether (sulfide) groups is 1. The van der Waals surface area contributed by atoms with Gasteiger partial charge in [-0.25, -0.2) is 0 Å². The van der Waals surface area contributed by atoms with Gasteiger partial charge in [0.1, 0.15) is 0 Å². The van der Waals surface area contributed by atoms with Crippen LogP contribution in [0.15, 0.2) is 4.52 Å². The molecule has 0 aromatic carbocycles. The molecule has 13 heavy (non-hydrogen) atoms. The van der Waals surface area contributed by atoms with Gasteiger partial charge in [0.15, 0.2) is 5.82 Å². The second kappa shape index (κ2) is 4.00. The fourth-order valence-corrected chi connectivity index (χ4v) is 2.63. The van der Waals surface area contributed by atoms with E-state index in [1.165, 1.54) is 17.9 Å². The highest BCUT2D eigenvalue weighted by Gasteiger charge is 2.15. The minimum Gasteiger partial charge on any atom is -0.337 e. The second-order valence-corrected chi connectivity index (χ2v) is 4.41. The van der Waals surface area contributed by atoms with Crippen LogP contribution in [-0.2, 0) is 0 Å². The lowest BCUT2D eigenvalue weighted by Crippen LogP contribution is -2.13. The third-order valence-corrected chi connectivity index (χ3v) is 3.33. The Morgan fingerprint density at radius 2 is 2.62 bits per heavy atom. The van der Waals surface area contributed by atoms with Crippen LogP contribution >= 0.6 is 11.8 Å². The molecule has 0 aliphatic carbocycles. The molecule has 1 aliphatic heterocycles. The summed E-state index contributed by atoms with van der Waals surface area (Å²) >= 11 is 2.02. The van der Waals surface area contributed by atoms with Gasteiger partial charge in [0.05, 0.1) is 0 Å². The SMILES string of the molecule is Cc1noc(NCC2CCSC2)n1. The summed E-state index contributed by atoms with van der Waals surface area (Å²) in [6.07, 6.45) is 1.30. The molecule has 1 unspecified atom stereocenters. The average Bonchev–Trinajstić information content (AvgIpc) is 2.71. The van der Waals surface area contributed by atoms with Gasteiger partial charge in [-0.1, -0.05) is 5.16 Å². The first-order chi connectivity index (χ1) is 6.34. The monoisotopic (exact) mass is 199 g/mol. The summed E-state index contributed by atoms with van der Waals surface area (Å²) in [5, 5.41) is 6.86. The summed E-state index contributed by atoms with van der Waals surface area (Å²) < 4.78 is 4.95. The number of nitrogens with zero attached hydrogens (tertiary/aromatic N) is 2. The molecule has 72 valence electrons. The normalized spacial score (nSPS) is 22.1. The van der Waals surface area contributed by atoms with E-state index in [2.05, 4.69) is 15.5 Å². The Balaban J connectivity index is 1.78. The average molecular weight is 199 g/mol. The zero-order valence-corrected chi connectivity index (χ0v) is 8.43. The Morgan fingerprint density at radius 1 is 1.69 bits per heavy atom. The maximum atomic E-state index is 4.95. The van der Waals surface area contributed by atoms with Crippen molar-refractivity contribution in [1.29, 1.82) is 0 Å². The minimum absolute atomic E-state index is 0.550. The van der Waals surface area contributed by atoms with E-state index in [1.54, 1.807) is 0 Å². The fourth-order valence-electron chi connectivity index (χ4n) is 1.34. The van der Waals surface area contributed by atoms with Gasteiger partial charge in [-0.15, -0.1) is 0 Å². The number of nitrogens with one attached hydrogen (secondary N) is 1. The van der Waals surface area contributed by atoms with Crippen molar-refractivity contribution in [2.45, 2.75) is 13.3 Å². The van der Waals surface area contributed by atoms with Crippen LogP contribution in [0.25, 0.3) is 0 Å². The topological polar surface area (TPSA) is 51.0 Å². The third-order valence-electron chi connectivity index (χ3n) is 2.09. The number of rotatable bonds is 3. The fraction of sp³-hybridized carbons (Fsp3) is 0.750. The third kappa shape index (κ3) is 2.37. The number of aryl methyl sites for hydroxylation is 1. The van der Waals surface area contributed by atoms with Crippen molar-refractivity contribution in [3.05, 3.63) is 5.82 Å². The van der Waals surface area contributed by atoms with Crippen LogP contribution in [0.2, 0.25) is 0 Å². The molecule has 0 spiro atoms. The van der Waals surface area contributed by atoms with E-state index in [1.807, 2.05) is 18.7 Å². The lowest BCUT2D eigenvalue weighted by atomic mass is 10.1. The molecule has 0 bridgehead atoms. The number of aromatic nitrogens is 2. The summed E-state index contributed by atoms with van der Waals surface area (Å²) in [7, 11) is 0. The van der Waals surface area contributed by atoms with Gasteiger partial charge in [-0.3, -0.25) is 0 Å². The molecule has 1 fully saturated rings. The quantitative estimate of drug-likeness (QED) is 0.800. The summed E-state index contributed by atoms with van der Waals surface area (Å²) in [4.78, 5) is 4.08. The largest absolute Gasteiger partial charge is 0.337 e. The minimum atomic E-state index is 0.550. The van der Waals surface area contributed by atoms with Gasteiger partial charge < -0.3 is 9.84 Å². The van der Waals surface area contributed by atoms with E-state index < -0.39 is 0 Å². The van der Waals surface area contributed by atoms with Gasteiger partial charge in [-0.05, 0) is 30.8 Å². The van der Waals surface area contributed by atoms with Crippen LogP contribution < -0.4 is 5.32 Å². The molecule has 1 atom stereocenters. The highest BCUT2D eigenvalue weighted by molar-refractivity contribution is 7.99. The molecule has 1 N–H and O–H groups in total. The molecule has 0 radical (unpaired) electrons. The Hall–Kier alpha value is -0.710. The smallest absolute Gasteiger partial charge is 0.321 e. The van der Waals surface area contributed by atoms with Crippen molar-refractivity contribution in [1.82, 2.24) is 10.1 Å². The van der Waals surface area contributed by atoms with Crippen LogP contribution in [-0.4, -0.2) is 28.2 Å². The maximum Gasteiger partial charge on any atom is 0.321 e. The van der Waals surface area contributed by atoms with Crippen LogP contribution in [0.1, 0.15) is 12.2 Å². The van der Waals surface area contributed by atoms with E-state index >= 15 is 0 Å². The Labute approximate surface area is 81.5 Å². The first kappa shape index (κ1) is 8.87. The molecule has 2 rings (SSSR count). The molecule has 1 aliphatic rings. The zero-order valence-electron chi connectivity index (χ0n) is 7.62. The van der Waals surface area contributed by atoms with Crippen LogP contribution in [0.4, 0.5) is 6.01 Å². The molecule has 1 aromatic heterocycles. The van der Waals surface area contributed by atoms with Gasteiger partial charge >= 0.3 is 6.01 Å². The summed E-state index contributed by atoms with van der Waals surface area (Å²) in [5.41, 5.74) is 0. The first-order valence-electron chi connectivity index (χ1n) is 4.46. The number of hydrogen-bond donors (Lipinski definition) is 1. The van der Waals surface area contributed by atoms with E-state index in [0.29, 0.717) is 11.8 Å². The molecular formula is C8H13N3OS. The predicted octanol–water partition coefficient (Wildman–Crippen LogP) is 1.54.